The van der Waals surface area contributed by atoms with E-state index in [1.54, 1.807) is 0 Å². The van der Waals surface area contributed by atoms with E-state index in [9.17, 15) is 4.79 Å². The van der Waals surface area contributed by atoms with Crippen LogP contribution in [0.1, 0.15) is 62.3 Å². The Kier molecular flexibility index (Phi) is 5.45. The van der Waals surface area contributed by atoms with Crippen LogP contribution in [0.2, 0.25) is 0 Å². The SMILES string of the molecule is CCSC1CCC(NC(=O)c2nc(C(C)C)ncc2N)C1. The van der Waals surface area contributed by atoms with Gasteiger partial charge in [-0.3, -0.25) is 4.79 Å². The van der Waals surface area contributed by atoms with Crippen molar-refractivity contribution in [2.75, 3.05) is 11.5 Å². The van der Waals surface area contributed by atoms with E-state index < -0.39 is 0 Å². The third kappa shape index (κ3) is 4.09. The minimum Gasteiger partial charge on any atom is -0.396 e. The summed E-state index contributed by atoms with van der Waals surface area (Å²) in [5.41, 5.74) is 6.50. The van der Waals surface area contributed by atoms with E-state index in [0.717, 1.165) is 18.6 Å². The van der Waals surface area contributed by atoms with Gasteiger partial charge in [0, 0.05) is 17.2 Å². The van der Waals surface area contributed by atoms with Crippen molar-refractivity contribution in [3.63, 3.8) is 0 Å². The Morgan fingerprint density at radius 1 is 1.52 bits per heavy atom. The molecule has 0 aliphatic heterocycles. The molecule has 21 heavy (non-hydrogen) atoms. The highest BCUT2D eigenvalue weighted by atomic mass is 32.2. The number of nitrogen functional groups attached to an aromatic ring is 1. The zero-order valence-electron chi connectivity index (χ0n) is 12.9. The summed E-state index contributed by atoms with van der Waals surface area (Å²) in [4.78, 5) is 20.9. The van der Waals surface area contributed by atoms with Crippen molar-refractivity contribution < 1.29 is 4.79 Å². The molecule has 2 rings (SSSR count). The number of nitrogens with two attached hydrogens (primary N) is 1. The van der Waals surface area contributed by atoms with Crippen LogP contribution >= 0.6 is 11.8 Å². The molecule has 1 saturated carbocycles. The van der Waals surface area contributed by atoms with Gasteiger partial charge < -0.3 is 11.1 Å². The summed E-state index contributed by atoms with van der Waals surface area (Å²) in [6, 6.07) is 0.235. The number of hydrogen-bond acceptors (Lipinski definition) is 5. The first-order valence-corrected chi connectivity index (χ1v) is 8.61. The fraction of sp³-hybridized carbons (Fsp3) is 0.667. The molecule has 0 saturated heterocycles. The molecular formula is C15H24N4OS. The van der Waals surface area contributed by atoms with Gasteiger partial charge in [-0.15, -0.1) is 0 Å². The number of carbonyl (C=O) groups excluding carboxylic acids is 1. The molecular weight excluding hydrogens is 284 g/mol. The van der Waals surface area contributed by atoms with Gasteiger partial charge in [-0.1, -0.05) is 20.8 Å². The van der Waals surface area contributed by atoms with Crippen LogP contribution in [-0.4, -0.2) is 32.9 Å². The quantitative estimate of drug-likeness (QED) is 0.874. The van der Waals surface area contributed by atoms with Crippen LogP contribution in [0, 0.1) is 0 Å². The molecule has 1 amide bonds. The lowest BCUT2D eigenvalue weighted by Gasteiger charge is -2.14. The first kappa shape index (κ1) is 16.1. The lowest BCUT2D eigenvalue weighted by Crippen LogP contribution is -2.34. The summed E-state index contributed by atoms with van der Waals surface area (Å²) in [6.45, 7) is 6.17. The molecule has 2 atom stereocenters. The monoisotopic (exact) mass is 308 g/mol. The van der Waals surface area contributed by atoms with E-state index in [2.05, 4.69) is 22.2 Å². The number of rotatable bonds is 5. The topological polar surface area (TPSA) is 80.9 Å². The van der Waals surface area contributed by atoms with Crippen LogP contribution < -0.4 is 11.1 Å². The normalized spacial score (nSPS) is 21.7. The number of anilines is 1. The molecule has 0 aromatic carbocycles. The molecule has 1 heterocycles. The van der Waals surface area contributed by atoms with E-state index in [0.29, 0.717) is 22.5 Å². The average Bonchev–Trinajstić information content (AvgIpc) is 2.86. The van der Waals surface area contributed by atoms with Crippen LogP contribution in [-0.2, 0) is 0 Å². The number of nitrogens with zero attached hydrogens (tertiary/aromatic N) is 2. The summed E-state index contributed by atoms with van der Waals surface area (Å²) in [5.74, 6) is 1.78. The minimum atomic E-state index is -0.177. The van der Waals surface area contributed by atoms with E-state index in [1.165, 1.54) is 12.6 Å². The fourth-order valence-corrected chi connectivity index (χ4v) is 3.72. The smallest absolute Gasteiger partial charge is 0.272 e. The van der Waals surface area contributed by atoms with Crippen molar-refractivity contribution >= 4 is 23.4 Å². The largest absolute Gasteiger partial charge is 0.396 e. The van der Waals surface area contributed by atoms with Gasteiger partial charge in [-0.05, 0) is 25.0 Å². The molecule has 2 unspecified atom stereocenters. The molecule has 116 valence electrons. The highest BCUT2D eigenvalue weighted by molar-refractivity contribution is 7.99. The van der Waals surface area contributed by atoms with Gasteiger partial charge in [0.1, 0.15) is 5.82 Å². The maximum Gasteiger partial charge on any atom is 0.272 e. The van der Waals surface area contributed by atoms with Gasteiger partial charge in [0.15, 0.2) is 5.69 Å². The number of amides is 1. The predicted octanol–water partition coefficient (Wildman–Crippen LogP) is 2.59. The van der Waals surface area contributed by atoms with E-state index in [1.807, 2.05) is 25.6 Å². The van der Waals surface area contributed by atoms with Crippen molar-refractivity contribution in [2.24, 2.45) is 0 Å². The van der Waals surface area contributed by atoms with Gasteiger partial charge in [-0.2, -0.15) is 11.8 Å². The second kappa shape index (κ2) is 7.11. The molecule has 3 N–H and O–H groups in total. The van der Waals surface area contributed by atoms with Gasteiger partial charge in [0.05, 0.1) is 11.9 Å². The summed E-state index contributed by atoms with van der Waals surface area (Å²) in [6.07, 6.45) is 4.76. The van der Waals surface area contributed by atoms with Crippen molar-refractivity contribution in [1.29, 1.82) is 0 Å². The molecule has 0 radical (unpaired) electrons. The lowest BCUT2D eigenvalue weighted by molar-refractivity contribution is 0.0933. The van der Waals surface area contributed by atoms with Gasteiger partial charge in [-0.25, -0.2) is 9.97 Å². The Labute approximate surface area is 130 Å². The first-order chi connectivity index (χ1) is 10.0. The van der Waals surface area contributed by atoms with Gasteiger partial charge >= 0.3 is 0 Å². The van der Waals surface area contributed by atoms with Crippen molar-refractivity contribution in [3.8, 4) is 0 Å². The Bertz CT molecular complexity index is 506. The van der Waals surface area contributed by atoms with Crippen LogP contribution in [0.25, 0.3) is 0 Å². The lowest BCUT2D eigenvalue weighted by atomic mass is 10.2. The minimum absolute atomic E-state index is 0.175. The van der Waals surface area contributed by atoms with E-state index in [-0.39, 0.29) is 17.9 Å². The Morgan fingerprint density at radius 2 is 2.29 bits per heavy atom. The number of aromatic nitrogens is 2. The highest BCUT2D eigenvalue weighted by Gasteiger charge is 2.27. The van der Waals surface area contributed by atoms with Crippen molar-refractivity contribution in [2.45, 2.75) is 57.2 Å². The van der Waals surface area contributed by atoms with Crippen LogP contribution in [0.4, 0.5) is 5.69 Å². The number of carbonyl (C=O) groups is 1. The fourth-order valence-electron chi connectivity index (χ4n) is 2.58. The summed E-state index contributed by atoms with van der Waals surface area (Å²) in [7, 11) is 0. The molecule has 1 aromatic heterocycles. The van der Waals surface area contributed by atoms with E-state index >= 15 is 0 Å². The zero-order valence-corrected chi connectivity index (χ0v) is 13.7. The number of nitrogens with one attached hydrogen (secondary N) is 1. The van der Waals surface area contributed by atoms with Crippen LogP contribution in [0.5, 0.6) is 0 Å². The Balaban J connectivity index is 2.02. The highest BCUT2D eigenvalue weighted by Crippen LogP contribution is 2.29. The summed E-state index contributed by atoms with van der Waals surface area (Å²) >= 11 is 1.97. The average molecular weight is 308 g/mol. The molecule has 0 spiro atoms. The molecule has 1 fully saturated rings. The standard InChI is InChI=1S/C15H24N4OS/c1-4-21-11-6-5-10(7-11)18-15(20)13-12(16)8-17-14(19-13)9(2)3/h8-11H,4-7,16H2,1-3H3,(H,18,20). The Hall–Kier alpha value is -1.30. The second-order valence-corrected chi connectivity index (χ2v) is 7.32. The van der Waals surface area contributed by atoms with Crippen LogP contribution in [0.3, 0.4) is 0 Å². The zero-order chi connectivity index (χ0) is 15.4. The summed E-state index contributed by atoms with van der Waals surface area (Å²) in [5, 5.41) is 3.73. The van der Waals surface area contributed by atoms with Gasteiger partial charge in [0.25, 0.3) is 5.91 Å². The molecule has 5 nitrogen and oxygen atoms in total. The third-order valence-electron chi connectivity index (χ3n) is 3.69. The number of hydrogen-bond donors (Lipinski definition) is 2. The predicted molar refractivity (Wildman–Crippen MR) is 87.6 cm³/mol. The van der Waals surface area contributed by atoms with Crippen LogP contribution in [0.15, 0.2) is 6.20 Å². The summed E-state index contributed by atoms with van der Waals surface area (Å²) < 4.78 is 0. The first-order valence-electron chi connectivity index (χ1n) is 7.56. The third-order valence-corrected chi connectivity index (χ3v) is 4.92. The van der Waals surface area contributed by atoms with Crippen molar-refractivity contribution in [1.82, 2.24) is 15.3 Å². The molecule has 1 aliphatic carbocycles. The molecule has 0 bridgehead atoms. The Morgan fingerprint density at radius 3 is 2.95 bits per heavy atom. The van der Waals surface area contributed by atoms with Crippen molar-refractivity contribution in [3.05, 3.63) is 17.7 Å². The molecule has 1 aromatic rings. The number of thioether (sulfide) groups is 1. The maximum atomic E-state index is 12.4. The van der Waals surface area contributed by atoms with E-state index in [4.69, 9.17) is 5.73 Å². The molecule has 6 heteroatoms. The van der Waals surface area contributed by atoms with Gasteiger partial charge in [0.2, 0.25) is 0 Å². The molecule has 1 aliphatic rings. The maximum absolute atomic E-state index is 12.4. The second-order valence-electron chi connectivity index (χ2n) is 5.75.